The van der Waals surface area contributed by atoms with Gasteiger partial charge in [-0.15, -0.1) is 0 Å². The lowest BCUT2D eigenvalue weighted by Crippen LogP contribution is -2.37. The summed E-state index contributed by atoms with van der Waals surface area (Å²) in [7, 11) is 0. The maximum absolute atomic E-state index is 12.8. The van der Waals surface area contributed by atoms with Gasteiger partial charge < -0.3 is 15.8 Å². The summed E-state index contributed by atoms with van der Waals surface area (Å²) in [6.45, 7) is 1.83. The maximum atomic E-state index is 12.8. The number of carbonyl (C=O) groups is 1. The highest BCUT2D eigenvalue weighted by Crippen LogP contribution is 2.33. The van der Waals surface area contributed by atoms with Crippen molar-refractivity contribution in [1.29, 1.82) is 0 Å². The van der Waals surface area contributed by atoms with Crippen LogP contribution in [0.5, 0.6) is 0 Å². The van der Waals surface area contributed by atoms with Gasteiger partial charge in [0.2, 0.25) is 5.91 Å². The molecule has 7 heteroatoms. The standard InChI is InChI=1S/C13H15F3N2O2/c1-7-2-3-8(4-10(7)13(14,15)16)18-12(19)9-5-20-6-11(9)17/h2-4,9,11H,5-6,17H2,1H3,(H,18,19). The van der Waals surface area contributed by atoms with Gasteiger partial charge in [0.05, 0.1) is 24.7 Å². The minimum atomic E-state index is -4.45. The van der Waals surface area contributed by atoms with E-state index in [-0.39, 0.29) is 24.5 Å². The SMILES string of the molecule is Cc1ccc(NC(=O)C2COCC2N)cc1C(F)(F)F. The zero-order valence-electron chi connectivity index (χ0n) is 10.8. The number of benzene rings is 1. The average molecular weight is 288 g/mol. The minimum Gasteiger partial charge on any atom is -0.379 e. The third-order valence-electron chi connectivity index (χ3n) is 3.27. The highest BCUT2D eigenvalue weighted by Gasteiger charge is 2.34. The number of hydrogen-bond acceptors (Lipinski definition) is 3. The number of alkyl halides is 3. The van der Waals surface area contributed by atoms with Crippen LogP contribution in [0.2, 0.25) is 0 Å². The molecule has 1 saturated heterocycles. The Morgan fingerprint density at radius 2 is 2.10 bits per heavy atom. The number of carbonyl (C=O) groups excluding carboxylic acids is 1. The maximum Gasteiger partial charge on any atom is 0.416 e. The van der Waals surface area contributed by atoms with E-state index in [9.17, 15) is 18.0 Å². The molecule has 0 spiro atoms. The molecule has 4 nitrogen and oxygen atoms in total. The lowest BCUT2D eigenvalue weighted by Gasteiger charge is -2.16. The van der Waals surface area contributed by atoms with Gasteiger partial charge in [-0.2, -0.15) is 13.2 Å². The van der Waals surface area contributed by atoms with Crippen molar-refractivity contribution >= 4 is 11.6 Å². The third kappa shape index (κ3) is 3.10. The Morgan fingerprint density at radius 1 is 1.40 bits per heavy atom. The number of nitrogens with two attached hydrogens (primary N) is 1. The van der Waals surface area contributed by atoms with Crippen LogP contribution < -0.4 is 11.1 Å². The number of halogens is 3. The smallest absolute Gasteiger partial charge is 0.379 e. The monoisotopic (exact) mass is 288 g/mol. The van der Waals surface area contributed by atoms with Gasteiger partial charge >= 0.3 is 6.18 Å². The van der Waals surface area contributed by atoms with E-state index < -0.39 is 29.6 Å². The van der Waals surface area contributed by atoms with Crippen LogP contribution in [-0.4, -0.2) is 25.2 Å². The van der Waals surface area contributed by atoms with E-state index >= 15 is 0 Å². The first kappa shape index (κ1) is 14.8. The number of ether oxygens (including phenoxy) is 1. The van der Waals surface area contributed by atoms with E-state index in [2.05, 4.69) is 5.32 Å². The van der Waals surface area contributed by atoms with Crippen molar-refractivity contribution in [3.05, 3.63) is 29.3 Å². The number of hydrogen-bond donors (Lipinski definition) is 2. The summed E-state index contributed by atoms with van der Waals surface area (Å²) in [6.07, 6.45) is -4.45. The molecule has 0 aliphatic carbocycles. The minimum absolute atomic E-state index is 0.104. The van der Waals surface area contributed by atoms with Gasteiger partial charge in [-0.25, -0.2) is 0 Å². The number of anilines is 1. The van der Waals surface area contributed by atoms with Crippen molar-refractivity contribution in [2.45, 2.75) is 19.1 Å². The topological polar surface area (TPSA) is 64.3 Å². The number of amides is 1. The fourth-order valence-corrected chi connectivity index (χ4v) is 2.08. The van der Waals surface area contributed by atoms with E-state index in [1.165, 1.54) is 19.1 Å². The fraction of sp³-hybridized carbons (Fsp3) is 0.462. The van der Waals surface area contributed by atoms with Gasteiger partial charge in [-0.05, 0) is 24.6 Å². The lowest BCUT2D eigenvalue weighted by atomic mass is 10.0. The first-order chi connectivity index (χ1) is 9.29. The third-order valence-corrected chi connectivity index (χ3v) is 3.27. The molecule has 2 atom stereocenters. The van der Waals surface area contributed by atoms with Crippen molar-refractivity contribution in [1.82, 2.24) is 0 Å². The Kier molecular flexibility index (Phi) is 4.01. The molecule has 2 unspecified atom stereocenters. The first-order valence-corrected chi connectivity index (χ1v) is 6.11. The van der Waals surface area contributed by atoms with Gasteiger partial charge in [0.15, 0.2) is 0 Å². The van der Waals surface area contributed by atoms with Crippen molar-refractivity contribution in [2.24, 2.45) is 11.7 Å². The summed E-state index contributed by atoms with van der Waals surface area (Å²) in [5.41, 5.74) is 5.14. The molecule has 1 fully saturated rings. The second kappa shape index (κ2) is 5.41. The molecule has 1 aliphatic heterocycles. The van der Waals surface area contributed by atoms with Crippen LogP contribution in [0.1, 0.15) is 11.1 Å². The molecule has 1 amide bonds. The van der Waals surface area contributed by atoms with E-state index in [1.807, 2.05) is 0 Å². The Balaban J connectivity index is 2.16. The van der Waals surface area contributed by atoms with E-state index in [4.69, 9.17) is 10.5 Å². The summed E-state index contributed by atoms with van der Waals surface area (Å²) >= 11 is 0. The molecule has 3 N–H and O–H groups in total. The molecule has 20 heavy (non-hydrogen) atoms. The van der Waals surface area contributed by atoms with Crippen LogP contribution in [-0.2, 0) is 15.7 Å². The second-order valence-corrected chi connectivity index (χ2v) is 4.82. The van der Waals surface area contributed by atoms with Crippen LogP contribution in [0.4, 0.5) is 18.9 Å². The Morgan fingerprint density at radius 3 is 2.65 bits per heavy atom. The normalized spacial score (nSPS) is 22.9. The molecule has 0 bridgehead atoms. The zero-order chi connectivity index (χ0) is 14.9. The molecule has 0 aromatic heterocycles. The molecular formula is C13H15F3N2O2. The quantitative estimate of drug-likeness (QED) is 0.874. The zero-order valence-corrected chi connectivity index (χ0v) is 10.8. The van der Waals surface area contributed by atoms with Crippen LogP contribution in [0.15, 0.2) is 18.2 Å². The average Bonchev–Trinajstić information content (AvgIpc) is 2.76. The summed E-state index contributed by atoms with van der Waals surface area (Å²) < 4.78 is 43.4. The second-order valence-electron chi connectivity index (χ2n) is 4.82. The van der Waals surface area contributed by atoms with Crippen molar-refractivity contribution < 1.29 is 22.7 Å². The molecule has 0 saturated carbocycles. The number of nitrogens with one attached hydrogen (secondary N) is 1. The lowest BCUT2D eigenvalue weighted by molar-refractivity contribution is -0.138. The molecule has 1 aromatic rings. The van der Waals surface area contributed by atoms with Gasteiger partial charge in [0, 0.05) is 11.7 Å². The molecule has 2 rings (SSSR count). The van der Waals surface area contributed by atoms with Gasteiger partial charge in [0.25, 0.3) is 0 Å². The summed E-state index contributed by atoms with van der Waals surface area (Å²) in [6, 6.07) is 3.25. The van der Waals surface area contributed by atoms with E-state index in [1.54, 1.807) is 0 Å². The van der Waals surface area contributed by atoms with E-state index in [0.29, 0.717) is 0 Å². The summed E-state index contributed by atoms with van der Waals surface area (Å²) in [5.74, 6) is -0.961. The summed E-state index contributed by atoms with van der Waals surface area (Å²) in [5, 5.41) is 2.46. The van der Waals surface area contributed by atoms with E-state index in [0.717, 1.165) is 6.07 Å². The van der Waals surface area contributed by atoms with Gasteiger partial charge in [-0.3, -0.25) is 4.79 Å². The van der Waals surface area contributed by atoms with Crippen molar-refractivity contribution in [2.75, 3.05) is 18.5 Å². The fourth-order valence-electron chi connectivity index (χ4n) is 2.08. The van der Waals surface area contributed by atoms with Crippen LogP contribution in [0.3, 0.4) is 0 Å². The van der Waals surface area contributed by atoms with Gasteiger partial charge in [0.1, 0.15) is 0 Å². The highest BCUT2D eigenvalue weighted by molar-refractivity contribution is 5.93. The highest BCUT2D eigenvalue weighted by atomic mass is 19.4. The first-order valence-electron chi connectivity index (χ1n) is 6.11. The predicted molar refractivity (Wildman–Crippen MR) is 67.1 cm³/mol. The summed E-state index contributed by atoms with van der Waals surface area (Å²) in [4.78, 5) is 11.9. The van der Waals surface area contributed by atoms with Crippen molar-refractivity contribution in [3.8, 4) is 0 Å². The van der Waals surface area contributed by atoms with Gasteiger partial charge in [-0.1, -0.05) is 6.07 Å². The molecule has 110 valence electrons. The molecule has 0 radical (unpaired) electrons. The Labute approximate surface area is 114 Å². The number of aryl methyl sites for hydroxylation is 1. The van der Waals surface area contributed by atoms with Crippen molar-refractivity contribution in [3.63, 3.8) is 0 Å². The molecular weight excluding hydrogens is 273 g/mol. The molecule has 1 heterocycles. The van der Waals surface area contributed by atoms with Crippen LogP contribution >= 0.6 is 0 Å². The molecule has 1 aromatic carbocycles. The molecule has 1 aliphatic rings. The Hall–Kier alpha value is -1.60. The van der Waals surface area contributed by atoms with Crippen LogP contribution in [0, 0.1) is 12.8 Å². The van der Waals surface area contributed by atoms with Crippen LogP contribution in [0.25, 0.3) is 0 Å². The number of rotatable bonds is 2. The predicted octanol–water partition coefficient (Wildman–Crippen LogP) is 1.93. The largest absolute Gasteiger partial charge is 0.416 e. The Bertz CT molecular complexity index is 517.